The van der Waals surface area contributed by atoms with Gasteiger partial charge in [-0.05, 0) is 48.4 Å². The van der Waals surface area contributed by atoms with Gasteiger partial charge in [0.25, 0.3) is 0 Å². The molecule has 0 fully saturated rings. The van der Waals surface area contributed by atoms with Crippen LogP contribution in [0.2, 0.25) is 0 Å². The number of rotatable bonds is 10. The maximum atomic E-state index is 13.0. The third-order valence-electron chi connectivity index (χ3n) is 5.24. The van der Waals surface area contributed by atoms with Gasteiger partial charge in [-0.2, -0.15) is 0 Å². The molecule has 0 aliphatic rings. The van der Waals surface area contributed by atoms with Gasteiger partial charge < -0.3 is 21.1 Å². The molecule has 0 saturated heterocycles. The summed E-state index contributed by atoms with van der Waals surface area (Å²) in [7, 11) is 0. The van der Waals surface area contributed by atoms with Crippen LogP contribution in [0.25, 0.3) is 0 Å². The fourth-order valence-corrected chi connectivity index (χ4v) is 3.48. The molecule has 2 aromatic rings. The zero-order chi connectivity index (χ0) is 23.7. The average molecular weight is 440 g/mol. The molecule has 0 aliphatic carbocycles. The summed E-state index contributed by atoms with van der Waals surface area (Å²) < 4.78 is 5.25. The van der Waals surface area contributed by atoms with Crippen molar-refractivity contribution in [1.29, 1.82) is 0 Å². The van der Waals surface area contributed by atoms with E-state index < -0.39 is 30.0 Å². The van der Waals surface area contributed by atoms with Crippen molar-refractivity contribution in [2.24, 2.45) is 11.7 Å². The van der Waals surface area contributed by atoms with Crippen LogP contribution in [0.3, 0.4) is 0 Å². The van der Waals surface area contributed by atoms with Crippen molar-refractivity contribution in [3.8, 4) is 0 Å². The molecule has 7 nitrogen and oxygen atoms in total. The molecule has 0 unspecified atom stereocenters. The molecule has 7 heteroatoms. The first-order valence-electron chi connectivity index (χ1n) is 10.8. The number of amides is 3. The van der Waals surface area contributed by atoms with E-state index in [1.54, 1.807) is 0 Å². The summed E-state index contributed by atoms with van der Waals surface area (Å²) in [6.45, 7) is 7.89. The van der Waals surface area contributed by atoms with Gasteiger partial charge in [0.1, 0.15) is 18.7 Å². The summed E-state index contributed by atoms with van der Waals surface area (Å²) in [6, 6.07) is 13.4. The van der Waals surface area contributed by atoms with E-state index in [0.29, 0.717) is 6.42 Å². The minimum atomic E-state index is -0.890. The monoisotopic (exact) mass is 439 g/mol. The Balaban J connectivity index is 2.05. The third kappa shape index (κ3) is 7.72. The van der Waals surface area contributed by atoms with E-state index in [0.717, 1.165) is 22.3 Å². The molecule has 2 rings (SSSR count). The lowest BCUT2D eigenvalue weighted by atomic mass is 9.95. The number of hydrogen-bond donors (Lipinski definition) is 3. The highest BCUT2D eigenvalue weighted by molar-refractivity contribution is 5.91. The Morgan fingerprint density at radius 1 is 0.906 bits per heavy atom. The second-order valence-electron chi connectivity index (χ2n) is 8.43. The number of nitrogens with two attached hydrogens (primary N) is 1. The molecule has 0 spiro atoms. The first-order valence-corrected chi connectivity index (χ1v) is 10.8. The predicted octanol–water partition coefficient (Wildman–Crippen LogP) is 3.16. The number of nitrogens with one attached hydrogen (secondary N) is 2. The number of aryl methyl sites for hydroxylation is 2. The predicted molar refractivity (Wildman–Crippen MR) is 124 cm³/mol. The van der Waals surface area contributed by atoms with Crippen molar-refractivity contribution in [3.05, 3.63) is 70.8 Å². The van der Waals surface area contributed by atoms with Gasteiger partial charge in [-0.1, -0.05) is 62.4 Å². The number of benzene rings is 2. The lowest BCUT2D eigenvalue weighted by Gasteiger charge is -2.24. The molecule has 172 valence electrons. The quantitative estimate of drug-likeness (QED) is 0.528. The van der Waals surface area contributed by atoms with E-state index in [-0.39, 0.29) is 18.9 Å². The van der Waals surface area contributed by atoms with Crippen LogP contribution in [-0.2, 0) is 27.4 Å². The molecule has 4 N–H and O–H groups in total. The number of carbonyl (C=O) groups excluding carboxylic acids is 3. The van der Waals surface area contributed by atoms with Gasteiger partial charge in [-0.15, -0.1) is 0 Å². The van der Waals surface area contributed by atoms with E-state index in [2.05, 4.69) is 10.6 Å². The molecule has 2 atom stereocenters. The third-order valence-corrected chi connectivity index (χ3v) is 5.24. The van der Waals surface area contributed by atoms with Crippen LogP contribution in [0.1, 0.15) is 42.5 Å². The van der Waals surface area contributed by atoms with Crippen LogP contribution in [-0.4, -0.2) is 30.0 Å². The van der Waals surface area contributed by atoms with Crippen LogP contribution in [0, 0.1) is 19.8 Å². The fourth-order valence-electron chi connectivity index (χ4n) is 3.48. The highest BCUT2D eigenvalue weighted by Gasteiger charge is 2.27. The maximum absolute atomic E-state index is 13.0. The summed E-state index contributed by atoms with van der Waals surface area (Å²) in [5.74, 6) is -0.966. The number of primary amides is 1. The number of carbonyl (C=O) groups is 3. The molecule has 2 aromatic carbocycles. The summed E-state index contributed by atoms with van der Waals surface area (Å²) in [6.07, 6.45) is -0.0202. The van der Waals surface area contributed by atoms with Crippen LogP contribution in [0.4, 0.5) is 4.79 Å². The summed E-state index contributed by atoms with van der Waals surface area (Å²) in [5, 5.41) is 5.34. The molecule has 0 aromatic heterocycles. The molecular weight excluding hydrogens is 406 g/mol. The fraction of sp³-hybridized carbons (Fsp3) is 0.400. The van der Waals surface area contributed by atoms with Crippen molar-refractivity contribution in [2.75, 3.05) is 0 Å². The Labute approximate surface area is 189 Å². The van der Waals surface area contributed by atoms with Crippen molar-refractivity contribution in [1.82, 2.24) is 10.6 Å². The Morgan fingerprint density at radius 3 is 2.09 bits per heavy atom. The van der Waals surface area contributed by atoms with E-state index in [1.165, 1.54) is 0 Å². The van der Waals surface area contributed by atoms with Crippen LogP contribution in [0.15, 0.2) is 48.5 Å². The molecule has 0 radical (unpaired) electrons. The summed E-state index contributed by atoms with van der Waals surface area (Å²) >= 11 is 0. The van der Waals surface area contributed by atoms with Gasteiger partial charge in [0.05, 0.1) is 0 Å². The second-order valence-corrected chi connectivity index (χ2v) is 8.43. The average Bonchev–Trinajstić information content (AvgIpc) is 2.73. The number of hydrogen-bond acceptors (Lipinski definition) is 4. The first kappa shape index (κ1) is 24.9. The van der Waals surface area contributed by atoms with Gasteiger partial charge in [-0.3, -0.25) is 9.59 Å². The molecule has 3 amide bonds. The minimum Gasteiger partial charge on any atom is -0.445 e. The summed E-state index contributed by atoms with van der Waals surface area (Å²) in [4.78, 5) is 37.4. The molecule has 32 heavy (non-hydrogen) atoms. The Bertz CT molecular complexity index is 908. The second kappa shape index (κ2) is 11.9. The van der Waals surface area contributed by atoms with Crippen molar-refractivity contribution in [3.63, 3.8) is 0 Å². The lowest BCUT2D eigenvalue weighted by Crippen LogP contribution is -2.54. The van der Waals surface area contributed by atoms with Gasteiger partial charge in [0, 0.05) is 6.42 Å². The smallest absolute Gasteiger partial charge is 0.408 e. The van der Waals surface area contributed by atoms with Crippen LogP contribution in [0.5, 0.6) is 0 Å². The van der Waals surface area contributed by atoms with E-state index in [9.17, 15) is 14.4 Å². The molecule has 0 bridgehead atoms. The summed E-state index contributed by atoms with van der Waals surface area (Å²) in [5.41, 5.74) is 9.43. The van der Waals surface area contributed by atoms with E-state index >= 15 is 0 Å². The SMILES string of the molecule is Cc1cccc(C)c1C[C@@H](NC(=O)[C@H](CC(C)C)NC(=O)OCc1ccccc1)C(N)=O. The van der Waals surface area contributed by atoms with E-state index in [1.807, 2.05) is 76.2 Å². The topological polar surface area (TPSA) is 111 Å². The Morgan fingerprint density at radius 2 is 1.53 bits per heavy atom. The standard InChI is InChI=1S/C25H33N3O4/c1-16(2)13-22(28-25(31)32-15-19-11-6-5-7-12-19)24(30)27-21(23(26)29)14-20-17(3)9-8-10-18(20)4/h5-12,16,21-22H,13-15H2,1-4H3,(H2,26,29)(H,27,30)(H,28,31)/t21-,22+/m1/s1. The minimum absolute atomic E-state index is 0.0964. The maximum Gasteiger partial charge on any atom is 0.408 e. The molecule has 0 heterocycles. The van der Waals surface area contributed by atoms with Crippen LogP contribution >= 0.6 is 0 Å². The zero-order valence-electron chi connectivity index (χ0n) is 19.2. The zero-order valence-corrected chi connectivity index (χ0v) is 19.2. The van der Waals surface area contributed by atoms with Crippen LogP contribution < -0.4 is 16.4 Å². The molecule has 0 aliphatic heterocycles. The number of ether oxygens (including phenoxy) is 1. The first-order chi connectivity index (χ1) is 15.2. The normalized spacial score (nSPS) is 12.7. The highest BCUT2D eigenvalue weighted by Crippen LogP contribution is 2.16. The van der Waals surface area contributed by atoms with Gasteiger partial charge in [0.15, 0.2) is 0 Å². The van der Waals surface area contributed by atoms with Gasteiger partial charge >= 0.3 is 6.09 Å². The Kier molecular flexibility index (Phi) is 9.25. The van der Waals surface area contributed by atoms with Crippen molar-refractivity contribution in [2.45, 2.75) is 59.2 Å². The number of alkyl carbamates (subject to hydrolysis) is 1. The lowest BCUT2D eigenvalue weighted by molar-refractivity contribution is -0.128. The molecule has 0 saturated carbocycles. The highest BCUT2D eigenvalue weighted by atomic mass is 16.5. The van der Waals surface area contributed by atoms with Gasteiger partial charge in [0.2, 0.25) is 11.8 Å². The van der Waals surface area contributed by atoms with Crippen molar-refractivity contribution >= 4 is 17.9 Å². The van der Waals surface area contributed by atoms with E-state index in [4.69, 9.17) is 10.5 Å². The van der Waals surface area contributed by atoms with Crippen molar-refractivity contribution < 1.29 is 19.1 Å². The largest absolute Gasteiger partial charge is 0.445 e. The molecular formula is C25H33N3O4. The Hall–Kier alpha value is -3.35. The van der Waals surface area contributed by atoms with Gasteiger partial charge in [-0.25, -0.2) is 4.79 Å².